The molecule has 0 spiro atoms. The number of nitrogens with two attached hydrogens (primary N) is 2. The standard InChI is InChI=1S/2C23H24F2N6O3/c2*1-11-14(7-29-22-21(11)27-3-4-33-22)13-5-12-6-18(28-8-15(12)20(26)19(13)25)30-23(32)34-17-10-31(2)9-16(17)24/h2*5-8,16-17,27H,3-4,9-10,26H2,1-2H3,(H,28,30,32)/t2*16-,17+/m10/s1. The molecule has 10 rings (SSSR count). The molecule has 0 bridgehead atoms. The number of nitrogens with zero attached hydrogens (tertiary/aromatic N) is 6. The molecule has 4 aliphatic rings. The van der Waals surface area contributed by atoms with Crippen molar-refractivity contribution in [1.82, 2.24) is 29.7 Å². The Labute approximate surface area is 386 Å². The number of anilines is 6. The van der Waals surface area contributed by atoms with E-state index < -0.39 is 48.4 Å². The number of amides is 2. The summed E-state index contributed by atoms with van der Waals surface area (Å²) in [7, 11) is 3.51. The van der Waals surface area contributed by atoms with Gasteiger partial charge in [0.05, 0.1) is 11.4 Å². The molecule has 6 aromatic rings. The molecule has 0 unspecified atom stereocenters. The van der Waals surface area contributed by atoms with Gasteiger partial charge in [-0.1, -0.05) is 0 Å². The summed E-state index contributed by atoms with van der Waals surface area (Å²) in [5, 5.41) is 13.4. The second-order valence-corrected chi connectivity index (χ2v) is 17.0. The molecule has 0 radical (unpaired) electrons. The maximum atomic E-state index is 15.3. The zero-order chi connectivity index (χ0) is 48.0. The number of hydrogen-bond donors (Lipinski definition) is 6. The first-order chi connectivity index (χ1) is 32.6. The van der Waals surface area contributed by atoms with Gasteiger partial charge < -0.3 is 41.0 Å². The Morgan fingerprint density at radius 3 is 1.44 bits per heavy atom. The van der Waals surface area contributed by atoms with E-state index in [0.717, 1.165) is 11.1 Å². The number of carbonyl (C=O) groups excluding carboxylic acids is 2. The minimum Gasteiger partial charge on any atom is -0.474 e. The van der Waals surface area contributed by atoms with E-state index in [4.69, 9.17) is 30.4 Å². The molecule has 0 saturated carbocycles. The number of likely N-dealkylation sites (tertiary alicyclic amines) is 2. The minimum absolute atomic E-state index is 0.0651. The van der Waals surface area contributed by atoms with Crippen LogP contribution in [-0.2, 0) is 9.47 Å². The van der Waals surface area contributed by atoms with E-state index in [1.54, 1.807) is 60.6 Å². The molecule has 0 aliphatic carbocycles. The average Bonchev–Trinajstić information content (AvgIpc) is 3.81. The molecule has 2 fully saturated rings. The van der Waals surface area contributed by atoms with Crippen LogP contribution in [0.4, 0.5) is 61.5 Å². The summed E-state index contributed by atoms with van der Waals surface area (Å²) >= 11 is 0. The van der Waals surface area contributed by atoms with Crippen LogP contribution in [0.15, 0.2) is 49.1 Å². The summed E-state index contributed by atoms with van der Waals surface area (Å²) in [6.07, 6.45) is 0.0276. The van der Waals surface area contributed by atoms with Crippen LogP contribution in [-0.4, -0.2) is 133 Å². The predicted molar refractivity (Wildman–Crippen MR) is 249 cm³/mol. The lowest BCUT2D eigenvalue weighted by molar-refractivity contribution is 0.0787. The SMILES string of the molecule is Cc1c(-c2cc3cc(NC(=O)O[C@@H]4CN(C)C[C@@H]4F)ncc3c(N)c2F)cnc2c1NCCO2.Cc1c(-c2cc3cc(NC(=O)O[C@H]4CN(C)C[C@H]4F)ncc3c(N)c2F)cnc2c1NCCO2. The number of hydrogen-bond acceptors (Lipinski definition) is 16. The molecule has 8 heterocycles. The third-order valence-corrected chi connectivity index (χ3v) is 12.2. The molecule has 2 saturated heterocycles. The summed E-state index contributed by atoms with van der Waals surface area (Å²) in [6, 6.07) is 6.38. The van der Waals surface area contributed by atoms with Gasteiger partial charge in [0.1, 0.15) is 48.4 Å². The molecule has 4 aromatic heterocycles. The molecule has 18 nitrogen and oxygen atoms in total. The van der Waals surface area contributed by atoms with E-state index in [1.807, 2.05) is 13.8 Å². The lowest BCUT2D eigenvalue weighted by Gasteiger charge is -2.22. The van der Waals surface area contributed by atoms with Gasteiger partial charge in [-0.15, -0.1) is 0 Å². The maximum absolute atomic E-state index is 15.3. The van der Waals surface area contributed by atoms with Gasteiger partial charge >= 0.3 is 12.2 Å². The summed E-state index contributed by atoms with van der Waals surface area (Å²) in [4.78, 5) is 44.9. The van der Waals surface area contributed by atoms with Crippen LogP contribution < -0.4 is 42.2 Å². The normalized spacial score (nSPS) is 19.9. The molecular weight excluding hydrogens is 893 g/mol. The Bertz CT molecular complexity index is 2770. The smallest absolute Gasteiger partial charge is 0.413 e. The van der Waals surface area contributed by atoms with Crippen molar-refractivity contribution in [2.24, 2.45) is 0 Å². The van der Waals surface area contributed by atoms with Crippen molar-refractivity contribution in [3.05, 3.63) is 71.8 Å². The molecular formula is C46H48F4N12O6. The minimum atomic E-state index is -1.25. The lowest BCUT2D eigenvalue weighted by atomic mass is 9.97. The first-order valence-electron chi connectivity index (χ1n) is 21.7. The van der Waals surface area contributed by atoms with Crippen molar-refractivity contribution in [1.29, 1.82) is 0 Å². The molecule has 4 atom stereocenters. The summed E-state index contributed by atoms with van der Waals surface area (Å²) < 4.78 is 79.9. The Hall–Kier alpha value is -7.46. The zero-order valence-corrected chi connectivity index (χ0v) is 37.4. The van der Waals surface area contributed by atoms with Gasteiger partial charge in [-0.2, -0.15) is 0 Å². The van der Waals surface area contributed by atoms with Gasteiger partial charge in [-0.05, 0) is 74.1 Å². The molecule has 2 amide bonds. The van der Waals surface area contributed by atoms with E-state index >= 15 is 8.78 Å². The highest BCUT2D eigenvalue weighted by Crippen LogP contribution is 2.41. The fourth-order valence-electron chi connectivity index (χ4n) is 8.70. The number of rotatable bonds is 6. The van der Waals surface area contributed by atoms with E-state index in [0.29, 0.717) is 95.2 Å². The van der Waals surface area contributed by atoms with Crippen LogP contribution in [0.25, 0.3) is 43.8 Å². The number of nitrogen functional groups attached to an aromatic ring is 2. The second-order valence-electron chi connectivity index (χ2n) is 17.0. The number of pyridine rings is 4. The van der Waals surface area contributed by atoms with Crippen LogP contribution >= 0.6 is 0 Å². The molecule has 356 valence electrons. The van der Waals surface area contributed by atoms with Crippen molar-refractivity contribution in [2.45, 2.75) is 38.4 Å². The number of benzene rings is 2. The summed E-state index contributed by atoms with van der Waals surface area (Å²) in [6.45, 7) is 7.00. The van der Waals surface area contributed by atoms with Crippen LogP contribution in [0, 0.1) is 25.5 Å². The summed E-state index contributed by atoms with van der Waals surface area (Å²) in [5.41, 5.74) is 16.7. The highest BCUT2D eigenvalue weighted by molar-refractivity contribution is 6.01. The predicted octanol–water partition coefficient (Wildman–Crippen LogP) is 6.66. The van der Waals surface area contributed by atoms with E-state index in [9.17, 15) is 18.4 Å². The van der Waals surface area contributed by atoms with Gasteiger partial charge in [0.25, 0.3) is 0 Å². The fraction of sp³-hybridized carbons (Fsp3) is 0.348. The topological polar surface area (TPSA) is 229 Å². The van der Waals surface area contributed by atoms with E-state index in [2.05, 4.69) is 41.2 Å². The lowest BCUT2D eigenvalue weighted by Crippen LogP contribution is -2.29. The first-order valence-corrected chi connectivity index (χ1v) is 21.7. The molecule has 4 aliphatic heterocycles. The Morgan fingerprint density at radius 2 is 1.06 bits per heavy atom. The fourth-order valence-corrected chi connectivity index (χ4v) is 8.70. The van der Waals surface area contributed by atoms with Crippen molar-refractivity contribution in [2.75, 3.05) is 99.3 Å². The highest BCUT2D eigenvalue weighted by atomic mass is 19.1. The van der Waals surface area contributed by atoms with Crippen molar-refractivity contribution < 1.29 is 46.1 Å². The maximum Gasteiger partial charge on any atom is 0.413 e. The number of carbonyl (C=O) groups is 2. The van der Waals surface area contributed by atoms with E-state index in [-0.39, 0.29) is 47.2 Å². The average molecular weight is 941 g/mol. The highest BCUT2D eigenvalue weighted by Gasteiger charge is 2.35. The molecule has 2 aromatic carbocycles. The number of halogens is 4. The van der Waals surface area contributed by atoms with Crippen molar-refractivity contribution >= 4 is 68.1 Å². The quantitative estimate of drug-likeness (QED) is 0.0757. The number of fused-ring (bicyclic) bond motifs is 4. The molecule has 68 heavy (non-hydrogen) atoms. The Balaban J connectivity index is 0.000000170. The number of alkyl halides is 2. The largest absolute Gasteiger partial charge is 0.474 e. The van der Waals surface area contributed by atoms with Crippen LogP contribution in [0.5, 0.6) is 11.8 Å². The number of aromatic nitrogens is 4. The summed E-state index contributed by atoms with van der Waals surface area (Å²) in [5.74, 6) is 0.114. The van der Waals surface area contributed by atoms with Gasteiger partial charge in [0.15, 0.2) is 24.0 Å². The molecule has 22 heteroatoms. The van der Waals surface area contributed by atoms with E-state index in [1.165, 1.54) is 12.4 Å². The Kier molecular flexibility index (Phi) is 12.5. The third-order valence-electron chi connectivity index (χ3n) is 12.2. The monoisotopic (exact) mass is 940 g/mol. The number of ether oxygens (including phenoxy) is 4. The van der Waals surface area contributed by atoms with Gasteiger partial charge in [-0.25, -0.2) is 47.1 Å². The van der Waals surface area contributed by atoms with Crippen LogP contribution in [0.3, 0.4) is 0 Å². The zero-order valence-electron chi connectivity index (χ0n) is 37.4. The number of nitrogens with one attached hydrogen (secondary N) is 4. The third kappa shape index (κ3) is 9.03. The second kappa shape index (κ2) is 18.7. The van der Waals surface area contributed by atoms with Crippen LogP contribution in [0.2, 0.25) is 0 Å². The first kappa shape index (κ1) is 45.7. The van der Waals surface area contributed by atoms with Gasteiger partial charge in [0, 0.05) is 97.1 Å². The van der Waals surface area contributed by atoms with Gasteiger partial charge in [-0.3, -0.25) is 20.4 Å². The Morgan fingerprint density at radius 1 is 0.647 bits per heavy atom. The van der Waals surface area contributed by atoms with Gasteiger partial charge in [0.2, 0.25) is 11.8 Å². The van der Waals surface area contributed by atoms with Crippen LogP contribution in [0.1, 0.15) is 11.1 Å². The van der Waals surface area contributed by atoms with Crippen molar-refractivity contribution in [3.63, 3.8) is 0 Å². The van der Waals surface area contributed by atoms with Crippen molar-refractivity contribution in [3.8, 4) is 34.0 Å². The number of likely N-dealkylation sites (N-methyl/N-ethyl adjacent to an activating group) is 2. The molecule has 8 N–H and O–H groups in total.